The molecule has 1 heterocycles. The van der Waals surface area contributed by atoms with Gasteiger partial charge in [0.15, 0.2) is 0 Å². The van der Waals surface area contributed by atoms with Crippen LogP contribution in [0.3, 0.4) is 0 Å². The molecule has 4 heteroatoms. The van der Waals surface area contributed by atoms with Gasteiger partial charge in [-0.05, 0) is 55.7 Å². The zero-order chi connectivity index (χ0) is 10.5. The van der Waals surface area contributed by atoms with Crippen LogP contribution in [0.4, 0.5) is 0 Å². The molecule has 0 saturated heterocycles. The van der Waals surface area contributed by atoms with E-state index in [0.717, 1.165) is 8.26 Å². The Balaban J connectivity index is 2.16. The topological polar surface area (TPSA) is 26.0 Å². The summed E-state index contributed by atoms with van der Waals surface area (Å²) in [6.45, 7) is 4.57. The van der Waals surface area contributed by atoms with Crippen molar-refractivity contribution in [3.05, 3.63) is 19.2 Å². The van der Waals surface area contributed by atoms with Crippen LogP contribution >= 0.6 is 43.2 Å². The molecule has 2 unspecified atom stereocenters. The van der Waals surface area contributed by atoms with E-state index in [1.54, 1.807) is 11.3 Å². The Kier molecular flexibility index (Phi) is 2.84. The first kappa shape index (κ1) is 11.1. The van der Waals surface area contributed by atoms with E-state index >= 15 is 0 Å². The molecule has 0 radical (unpaired) electrons. The molecule has 0 aliphatic heterocycles. The molecule has 1 aliphatic rings. The van der Waals surface area contributed by atoms with Gasteiger partial charge < -0.3 is 5.73 Å². The van der Waals surface area contributed by atoms with Crippen molar-refractivity contribution in [3.63, 3.8) is 0 Å². The van der Waals surface area contributed by atoms with Crippen LogP contribution in [0.2, 0.25) is 0 Å². The molecule has 1 aromatic heterocycles. The Morgan fingerprint density at radius 1 is 1.57 bits per heavy atom. The maximum absolute atomic E-state index is 6.23. The van der Waals surface area contributed by atoms with Crippen molar-refractivity contribution in [2.24, 2.45) is 17.1 Å². The Morgan fingerprint density at radius 2 is 2.14 bits per heavy atom. The first-order valence-electron chi connectivity index (χ1n) is 4.62. The number of thiophene rings is 1. The summed E-state index contributed by atoms with van der Waals surface area (Å²) >= 11 is 8.73. The number of nitrogens with two attached hydrogens (primary N) is 1. The molecule has 14 heavy (non-hydrogen) atoms. The van der Waals surface area contributed by atoms with Gasteiger partial charge in [0.1, 0.15) is 0 Å². The van der Waals surface area contributed by atoms with Crippen LogP contribution < -0.4 is 5.73 Å². The van der Waals surface area contributed by atoms with Gasteiger partial charge in [0.25, 0.3) is 0 Å². The lowest BCUT2D eigenvalue weighted by Gasteiger charge is -2.10. The lowest BCUT2D eigenvalue weighted by atomic mass is 10.0. The van der Waals surface area contributed by atoms with Gasteiger partial charge in [-0.3, -0.25) is 0 Å². The molecule has 0 amide bonds. The third kappa shape index (κ3) is 1.94. The standard InChI is InChI=1S/C10H13Br2NS/c1-10(2)4-5(10)8(13)7-3-6(11)9(12)14-7/h3,5,8H,4,13H2,1-2H3. The van der Waals surface area contributed by atoms with Gasteiger partial charge >= 0.3 is 0 Å². The maximum atomic E-state index is 6.23. The van der Waals surface area contributed by atoms with Gasteiger partial charge in [0.2, 0.25) is 0 Å². The Hall–Kier alpha value is 0.620. The fourth-order valence-electron chi connectivity index (χ4n) is 1.85. The normalized spacial score (nSPS) is 26.2. The molecule has 1 nitrogen and oxygen atoms in total. The van der Waals surface area contributed by atoms with Crippen molar-refractivity contribution < 1.29 is 0 Å². The molecule has 1 aliphatic carbocycles. The van der Waals surface area contributed by atoms with Gasteiger partial charge in [0.05, 0.1) is 3.79 Å². The summed E-state index contributed by atoms with van der Waals surface area (Å²) in [5, 5.41) is 0. The molecule has 2 atom stereocenters. The van der Waals surface area contributed by atoms with Crippen molar-refractivity contribution in [2.45, 2.75) is 26.3 Å². The summed E-state index contributed by atoms with van der Waals surface area (Å²) in [4.78, 5) is 1.28. The van der Waals surface area contributed by atoms with Crippen LogP contribution in [0.15, 0.2) is 14.3 Å². The van der Waals surface area contributed by atoms with E-state index in [9.17, 15) is 0 Å². The number of hydrogen-bond donors (Lipinski definition) is 1. The van der Waals surface area contributed by atoms with Gasteiger partial charge in [0, 0.05) is 15.4 Å². The zero-order valence-corrected chi connectivity index (χ0v) is 12.2. The number of hydrogen-bond acceptors (Lipinski definition) is 2. The number of halogens is 2. The molecule has 1 fully saturated rings. The zero-order valence-electron chi connectivity index (χ0n) is 8.18. The summed E-state index contributed by atoms with van der Waals surface area (Å²) in [5.41, 5.74) is 6.67. The second kappa shape index (κ2) is 3.58. The van der Waals surface area contributed by atoms with Crippen LogP contribution in [0.5, 0.6) is 0 Å². The smallest absolute Gasteiger partial charge is 0.0843 e. The SMILES string of the molecule is CC1(C)CC1C(N)c1cc(Br)c(Br)s1. The largest absolute Gasteiger partial charge is 0.323 e. The van der Waals surface area contributed by atoms with E-state index in [0.29, 0.717) is 11.3 Å². The maximum Gasteiger partial charge on any atom is 0.0843 e. The molecule has 0 aromatic carbocycles. The van der Waals surface area contributed by atoms with Gasteiger partial charge in [-0.15, -0.1) is 11.3 Å². The van der Waals surface area contributed by atoms with Gasteiger partial charge in [-0.2, -0.15) is 0 Å². The Labute approximate surface area is 105 Å². The van der Waals surface area contributed by atoms with Crippen molar-refractivity contribution in [3.8, 4) is 0 Å². The molecule has 0 bridgehead atoms. The number of rotatable bonds is 2. The predicted octanol–water partition coefficient (Wildman–Crippen LogP) is 4.32. The quantitative estimate of drug-likeness (QED) is 0.853. The summed E-state index contributed by atoms with van der Waals surface area (Å²) in [6, 6.07) is 2.34. The summed E-state index contributed by atoms with van der Waals surface area (Å²) in [6.07, 6.45) is 1.25. The summed E-state index contributed by atoms with van der Waals surface area (Å²) in [5.74, 6) is 0.653. The minimum atomic E-state index is 0.206. The van der Waals surface area contributed by atoms with Crippen molar-refractivity contribution in [2.75, 3.05) is 0 Å². The van der Waals surface area contributed by atoms with Crippen LogP contribution in [-0.2, 0) is 0 Å². The second-order valence-corrected chi connectivity index (χ2v) is 7.85. The minimum absolute atomic E-state index is 0.206. The van der Waals surface area contributed by atoms with Crippen LogP contribution in [0, 0.1) is 11.3 Å². The predicted molar refractivity (Wildman–Crippen MR) is 68.5 cm³/mol. The van der Waals surface area contributed by atoms with Gasteiger partial charge in [-0.1, -0.05) is 13.8 Å². The van der Waals surface area contributed by atoms with Crippen LogP contribution in [0.25, 0.3) is 0 Å². The van der Waals surface area contributed by atoms with E-state index in [4.69, 9.17) is 5.73 Å². The van der Waals surface area contributed by atoms with E-state index < -0.39 is 0 Å². The molecule has 78 valence electrons. The van der Waals surface area contributed by atoms with E-state index in [-0.39, 0.29) is 6.04 Å². The third-order valence-electron chi connectivity index (χ3n) is 3.02. The van der Waals surface area contributed by atoms with Crippen molar-refractivity contribution in [1.82, 2.24) is 0 Å². The van der Waals surface area contributed by atoms with Crippen molar-refractivity contribution >= 4 is 43.2 Å². The molecule has 2 N–H and O–H groups in total. The molecule has 0 spiro atoms. The highest BCUT2D eigenvalue weighted by molar-refractivity contribution is 9.13. The first-order chi connectivity index (χ1) is 6.42. The fraction of sp³-hybridized carbons (Fsp3) is 0.600. The molecule has 1 aromatic rings. The lowest BCUT2D eigenvalue weighted by molar-refractivity contribution is 0.496. The van der Waals surface area contributed by atoms with Crippen molar-refractivity contribution in [1.29, 1.82) is 0 Å². The van der Waals surface area contributed by atoms with Crippen LogP contribution in [-0.4, -0.2) is 0 Å². The van der Waals surface area contributed by atoms with E-state index in [1.807, 2.05) is 0 Å². The first-order valence-corrected chi connectivity index (χ1v) is 7.02. The monoisotopic (exact) mass is 337 g/mol. The average Bonchev–Trinajstić information content (AvgIpc) is 2.59. The highest BCUT2D eigenvalue weighted by atomic mass is 79.9. The van der Waals surface area contributed by atoms with E-state index in [2.05, 4.69) is 51.8 Å². The van der Waals surface area contributed by atoms with Crippen LogP contribution in [0.1, 0.15) is 31.2 Å². The summed E-state index contributed by atoms with van der Waals surface area (Å²) in [7, 11) is 0. The Morgan fingerprint density at radius 3 is 2.50 bits per heavy atom. The minimum Gasteiger partial charge on any atom is -0.323 e. The molecular formula is C10H13Br2NS. The fourth-order valence-corrected chi connectivity index (χ4v) is 4.00. The third-order valence-corrected chi connectivity index (χ3v) is 6.37. The highest BCUT2D eigenvalue weighted by Gasteiger charge is 2.49. The second-order valence-electron chi connectivity index (χ2n) is 4.60. The molecular weight excluding hydrogens is 326 g/mol. The lowest BCUT2D eigenvalue weighted by Crippen LogP contribution is -2.13. The molecule has 2 rings (SSSR count). The molecule has 1 saturated carbocycles. The van der Waals surface area contributed by atoms with E-state index in [1.165, 1.54) is 11.3 Å². The average molecular weight is 339 g/mol. The van der Waals surface area contributed by atoms with Gasteiger partial charge in [-0.25, -0.2) is 0 Å². The Bertz CT molecular complexity index is 340. The highest BCUT2D eigenvalue weighted by Crippen LogP contribution is 2.58. The summed E-state index contributed by atoms with van der Waals surface area (Å²) < 4.78 is 2.26.